The first-order valence-electron chi connectivity index (χ1n) is 9.90. The summed E-state index contributed by atoms with van der Waals surface area (Å²) in [6, 6.07) is 14.2. The van der Waals surface area contributed by atoms with Crippen LogP contribution in [-0.4, -0.2) is 32.3 Å². The van der Waals surface area contributed by atoms with Gasteiger partial charge in [-0.05, 0) is 49.2 Å². The van der Waals surface area contributed by atoms with Gasteiger partial charge in [-0.25, -0.2) is 0 Å². The first-order chi connectivity index (χ1) is 15.4. The predicted octanol–water partition coefficient (Wildman–Crippen LogP) is 4.36. The Morgan fingerprint density at radius 1 is 1.19 bits per heavy atom. The zero-order chi connectivity index (χ0) is 22.7. The number of rotatable bonds is 7. The lowest BCUT2D eigenvalue weighted by Gasteiger charge is -2.12. The molecule has 4 rings (SSSR count). The summed E-state index contributed by atoms with van der Waals surface area (Å²) in [7, 11) is 0. The second-order valence-electron chi connectivity index (χ2n) is 7.33. The Morgan fingerprint density at radius 2 is 1.97 bits per heavy atom. The molecule has 0 atom stereocenters. The third-order valence-corrected chi connectivity index (χ3v) is 5.97. The van der Waals surface area contributed by atoms with Crippen molar-refractivity contribution in [1.82, 2.24) is 14.8 Å². The van der Waals surface area contributed by atoms with Crippen molar-refractivity contribution in [3.8, 4) is 11.8 Å². The van der Waals surface area contributed by atoms with Crippen LogP contribution >= 0.6 is 23.4 Å². The molecule has 10 heteroatoms. The van der Waals surface area contributed by atoms with Gasteiger partial charge in [-0.15, -0.1) is 10.2 Å². The largest absolute Gasteiger partial charge is 0.326 e. The lowest BCUT2D eigenvalue weighted by molar-refractivity contribution is -0.114. The van der Waals surface area contributed by atoms with E-state index < -0.39 is 0 Å². The molecule has 1 aliphatic carbocycles. The fraction of sp³-hybridized carbons (Fsp3) is 0.227. The molecule has 2 N–H and O–H groups in total. The molecule has 1 saturated carbocycles. The van der Waals surface area contributed by atoms with Crippen molar-refractivity contribution in [2.24, 2.45) is 0 Å². The average molecular weight is 467 g/mol. The van der Waals surface area contributed by atoms with Crippen molar-refractivity contribution >= 4 is 46.6 Å². The minimum atomic E-state index is -0.231. The van der Waals surface area contributed by atoms with E-state index in [0.29, 0.717) is 28.0 Å². The SMILES string of the molecule is CC(=O)Nc1cccc(-n2c(SCC(=O)Nc3ccc(C#N)c(Cl)c3)nnc2C2CC2)c1. The van der Waals surface area contributed by atoms with E-state index in [-0.39, 0.29) is 22.6 Å². The fourth-order valence-corrected chi connectivity index (χ4v) is 4.14. The second-order valence-corrected chi connectivity index (χ2v) is 8.67. The molecule has 32 heavy (non-hydrogen) atoms. The molecule has 1 heterocycles. The van der Waals surface area contributed by atoms with Crippen LogP contribution in [0.15, 0.2) is 47.6 Å². The molecule has 0 unspecified atom stereocenters. The normalized spacial score (nSPS) is 12.8. The Hall–Kier alpha value is -3.35. The van der Waals surface area contributed by atoms with Gasteiger partial charge >= 0.3 is 0 Å². The Labute approximate surface area is 194 Å². The molecule has 0 saturated heterocycles. The molecule has 1 aliphatic rings. The maximum Gasteiger partial charge on any atom is 0.234 e. The van der Waals surface area contributed by atoms with Crippen LogP contribution in [-0.2, 0) is 9.59 Å². The van der Waals surface area contributed by atoms with Crippen molar-refractivity contribution in [3.05, 3.63) is 58.9 Å². The number of nitriles is 1. The molecule has 3 aromatic rings. The summed E-state index contributed by atoms with van der Waals surface area (Å²) in [6.07, 6.45) is 2.10. The first-order valence-corrected chi connectivity index (χ1v) is 11.3. The summed E-state index contributed by atoms with van der Waals surface area (Å²) in [5, 5.41) is 24.1. The summed E-state index contributed by atoms with van der Waals surface area (Å²) in [5.41, 5.74) is 2.37. The number of benzene rings is 2. The molecule has 1 aromatic heterocycles. The van der Waals surface area contributed by atoms with E-state index in [4.69, 9.17) is 16.9 Å². The molecule has 0 radical (unpaired) electrons. The van der Waals surface area contributed by atoms with Gasteiger partial charge in [0.25, 0.3) is 0 Å². The van der Waals surface area contributed by atoms with Crippen LogP contribution in [0.25, 0.3) is 5.69 Å². The molecule has 0 bridgehead atoms. The number of carbonyl (C=O) groups is 2. The summed E-state index contributed by atoms with van der Waals surface area (Å²) in [5.74, 6) is 0.932. The summed E-state index contributed by atoms with van der Waals surface area (Å²) >= 11 is 7.30. The van der Waals surface area contributed by atoms with Gasteiger partial charge in [0.15, 0.2) is 5.16 Å². The number of carbonyl (C=O) groups excluding carboxylic acids is 2. The minimum Gasteiger partial charge on any atom is -0.326 e. The van der Waals surface area contributed by atoms with E-state index in [1.807, 2.05) is 34.9 Å². The zero-order valence-corrected chi connectivity index (χ0v) is 18.7. The van der Waals surface area contributed by atoms with Crippen LogP contribution in [0.4, 0.5) is 11.4 Å². The number of anilines is 2. The summed E-state index contributed by atoms with van der Waals surface area (Å²) in [4.78, 5) is 23.9. The maximum atomic E-state index is 12.5. The van der Waals surface area contributed by atoms with E-state index in [9.17, 15) is 9.59 Å². The van der Waals surface area contributed by atoms with E-state index in [0.717, 1.165) is 24.4 Å². The number of halogens is 1. The lowest BCUT2D eigenvalue weighted by atomic mass is 10.2. The van der Waals surface area contributed by atoms with Crippen molar-refractivity contribution < 1.29 is 9.59 Å². The van der Waals surface area contributed by atoms with Crippen molar-refractivity contribution in [1.29, 1.82) is 5.26 Å². The third-order valence-electron chi connectivity index (χ3n) is 4.73. The topological polar surface area (TPSA) is 113 Å². The van der Waals surface area contributed by atoms with Gasteiger partial charge in [0, 0.05) is 24.2 Å². The van der Waals surface area contributed by atoms with Crippen molar-refractivity contribution in [2.75, 3.05) is 16.4 Å². The Bertz CT molecular complexity index is 1230. The number of amides is 2. The monoisotopic (exact) mass is 466 g/mol. The molecular weight excluding hydrogens is 448 g/mol. The number of nitrogens with one attached hydrogen (secondary N) is 2. The molecule has 2 amide bonds. The third kappa shape index (κ3) is 5.10. The predicted molar refractivity (Wildman–Crippen MR) is 123 cm³/mol. The van der Waals surface area contributed by atoms with Crippen LogP contribution in [0.3, 0.4) is 0 Å². The van der Waals surface area contributed by atoms with E-state index in [2.05, 4.69) is 20.8 Å². The molecule has 0 aliphatic heterocycles. The van der Waals surface area contributed by atoms with Crippen LogP contribution in [0.2, 0.25) is 5.02 Å². The second kappa shape index (κ2) is 9.42. The van der Waals surface area contributed by atoms with E-state index in [1.54, 1.807) is 18.2 Å². The van der Waals surface area contributed by atoms with Crippen molar-refractivity contribution in [3.63, 3.8) is 0 Å². The van der Waals surface area contributed by atoms with Crippen LogP contribution in [0.1, 0.15) is 37.1 Å². The number of hydrogen-bond acceptors (Lipinski definition) is 6. The smallest absolute Gasteiger partial charge is 0.234 e. The maximum absolute atomic E-state index is 12.5. The molecular formula is C22H19ClN6O2S. The highest BCUT2D eigenvalue weighted by atomic mass is 35.5. The molecule has 162 valence electrons. The van der Waals surface area contributed by atoms with Gasteiger partial charge in [-0.3, -0.25) is 14.2 Å². The molecule has 0 spiro atoms. The number of nitrogens with zero attached hydrogens (tertiary/aromatic N) is 4. The van der Waals surface area contributed by atoms with Gasteiger partial charge in [-0.2, -0.15) is 5.26 Å². The minimum absolute atomic E-state index is 0.117. The van der Waals surface area contributed by atoms with E-state index >= 15 is 0 Å². The van der Waals surface area contributed by atoms with Gasteiger partial charge in [0.2, 0.25) is 11.8 Å². The summed E-state index contributed by atoms with van der Waals surface area (Å²) < 4.78 is 1.94. The van der Waals surface area contributed by atoms with E-state index in [1.165, 1.54) is 18.7 Å². The molecule has 2 aromatic carbocycles. The van der Waals surface area contributed by atoms with Crippen LogP contribution in [0.5, 0.6) is 0 Å². The lowest BCUT2D eigenvalue weighted by Crippen LogP contribution is -2.14. The molecule has 8 nitrogen and oxygen atoms in total. The van der Waals surface area contributed by atoms with Crippen molar-refractivity contribution in [2.45, 2.75) is 30.8 Å². The number of aromatic nitrogens is 3. The van der Waals surface area contributed by atoms with Crippen LogP contribution < -0.4 is 10.6 Å². The number of thioether (sulfide) groups is 1. The Balaban J connectivity index is 1.51. The highest BCUT2D eigenvalue weighted by Gasteiger charge is 2.31. The average Bonchev–Trinajstić information content (AvgIpc) is 3.51. The number of hydrogen-bond donors (Lipinski definition) is 2. The highest BCUT2D eigenvalue weighted by Crippen LogP contribution is 2.41. The Morgan fingerprint density at radius 3 is 2.66 bits per heavy atom. The zero-order valence-electron chi connectivity index (χ0n) is 17.1. The molecule has 1 fully saturated rings. The highest BCUT2D eigenvalue weighted by molar-refractivity contribution is 7.99. The van der Waals surface area contributed by atoms with Gasteiger partial charge in [0.05, 0.1) is 22.0 Å². The van der Waals surface area contributed by atoms with Gasteiger partial charge in [0.1, 0.15) is 11.9 Å². The van der Waals surface area contributed by atoms with Gasteiger partial charge in [-0.1, -0.05) is 29.4 Å². The quantitative estimate of drug-likeness (QED) is 0.500. The van der Waals surface area contributed by atoms with Crippen LogP contribution in [0, 0.1) is 11.3 Å². The Kier molecular flexibility index (Phi) is 6.44. The standard InChI is InChI=1S/C22H19ClN6O2S/c1-13(30)25-16-3-2-4-18(9-16)29-21(14-5-6-14)27-28-22(29)32-12-20(31)26-17-8-7-15(11-24)19(23)10-17/h2-4,7-10,14H,5-6,12H2,1H3,(H,25,30)(H,26,31). The summed E-state index contributed by atoms with van der Waals surface area (Å²) in [6.45, 7) is 1.46. The van der Waals surface area contributed by atoms with Gasteiger partial charge < -0.3 is 10.6 Å². The fourth-order valence-electron chi connectivity index (χ4n) is 3.16. The first kappa shape index (κ1) is 21.9.